The molecular weight excluding hydrogens is 194 g/mol. The second-order valence-corrected chi connectivity index (χ2v) is 5.20. The van der Waals surface area contributed by atoms with Gasteiger partial charge in [-0.15, -0.1) is 11.3 Å². The number of aliphatic hydroxyl groups excluding tert-OH is 1. The molecule has 0 spiro atoms. The van der Waals surface area contributed by atoms with Crippen LogP contribution in [0.3, 0.4) is 0 Å². The molecule has 0 saturated heterocycles. The summed E-state index contributed by atoms with van der Waals surface area (Å²) in [6.07, 6.45) is 3.90. The number of rotatable bonds is 4. The Bertz CT molecular complexity index is 287. The maximum atomic E-state index is 8.79. The molecule has 0 saturated carbocycles. The van der Waals surface area contributed by atoms with Gasteiger partial charge in [0.25, 0.3) is 0 Å². The van der Waals surface area contributed by atoms with Crippen LogP contribution in [0.4, 0.5) is 0 Å². The zero-order valence-corrected chi connectivity index (χ0v) is 9.44. The molecule has 1 aromatic heterocycles. The molecule has 0 unspecified atom stereocenters. The lowest BCUT2D eigenvalue weighted by Gasteiger charge is -2.13. The maximum Gasteiger partial charge on any atom is 0.0558 e. The number of hydrogen-bond donors (Lipinski definition) is 1. The molecule has 0 atom stereocenters. The fourth-order valence-electron chi connectivity index (χ4n) is 1.98. The summed E-state index contributed by atoms with van der Waals surface area (Å²) in [5.74, 6) is 0. The lowest BCUT2D eigenvalue weighted by atomic mass is 10.2. The van der Waals surface area contributed by atoms with Gasteiger partial charge in [0.1, 0.15) is 0 Å². The van der Waals surface area contributed by atoms with Gasteiger partial charge >= 0.3 is 0 Å². The molecule has 3 heteroatoms. The van der Waals surface area contributed by atoms with Crippen molar-refractivity contribution in [3.63, 3.8) is 0 Å². The average molecular weight is 211 g/mol. The largest absolute Gasteiger partial charge is 0.395 e. The molecule has 2 nitrogen and oxygen atoms in total. The molecule has 14 heavy (non-hydrogen) atoms. The minimum Gasteiger partial charge on any atom is -0.395 e. The third kappa shape index (κ3) is 2.16. The highest BCUT2D eigenvalue weighted by Gasteiger charge is 2.15. The van der Waals surface area contributed by atoms with Crippen molar-refractivity contribution < 1.29 is 5.11 Å². The first kappa shape index (κ1) is 10.1. The van der Waals surface area contributed by atoms with Crippen molar-refractivity contribution >= 4 is 11.3 Å². The van der Waals surface area contributed by atoms with Gasteiger partial charge in [-0.3, -0.25) is 4.90 Å². The van der Waals surface area contributed by atoms with Gasteiger partial charge in [0.05, 0.1) is 6.61 Å². The van der Waals surface area contributed by atoms with Gasteiger partial charge in [0, 0.05) is 22.8 Å². The third-order valence-electron chi connectivity index (χ3n) is 2.71. The summed E-state index contributed by atoms with van der Waals surface area (Å²) in [5, 5.41) is 8.79. The molecule has 1 heterocycles. The van der Waals surface area contributed by atoms with Crippen molar-refractivity contribution in [1.82, 2.24) is 4.90 Å². The van der Waals surface area contributed by atoms with Gasteiger partial charge in [-0.25, -0.2) is 0 Å². The number of aryl methyl sites for hydroxylation is 2. The van der Waals surface area contributed by atoms with Crippen molar-refractivity contribution in [1.29, 1.82) is 0 Å². The zero-order chi connectivity index (χ0) is 9.97. The summed E-state index contributed by atoms with van der Waals surface area (Å²) in [6, 6.07) is 2.35. The van der Waals surface area contributed by atoms with E-state index in [1.54, 1.807) is 10.4 Å². The molecule has 1 N–H and O–H groups in total. The van der Waals surface area contributed by atoms with E-state index in [4.69, 9.17) is 5.11 Å². The number of nitrogens with zero attached hydrogens (tertiary/aromatic N) is 1. The highest BCUT2D eigenvalue weighted by atomic mass is 32.1. The van der Waals surface area contributed by atoms with Gasteiger partial charge in [0.15, 0.2) is 0 Å². The van der Waals surface area contributed by atoms with E-state index in [0.29, 0.717) is 0 Å². The van der Waals surface area contributed by atoms with Crippen LogP contribution < -0.4 is 0 Å². The Morgan fingerprint density at radius 2 is 2.36 bits per heavy atom. The van der Waals surface area contributed by atoms with Crippen LogP contribution in [-0.4, -0.2) is 30.2 Å². The zero-order valence-electron chi connectivity index (χ0n) is 8.62. The van der Waals surface area contributed by atoms with Crippen molar-refractivity contribution in [2.45, 2.75) is 25.8 Å². The van der Waals surface area contributed by atoms with Gasteiger partial charge in [-0.2, -0.15) is 0 Å². The van der Waals surface area contributed by atoms with E-state index in [0.717, 1.165) is 13.1 Å². The van der Waals surface area contributed by atoms with E-state index in [1.165, 1.54) is 24.1 Å². The maximum absolute atomic E-state index is 8.79. The Hall–Kier alpha value is -0.380. The van der Waals surface area contributed by atoms with Crippen molar-refractivity contribution in [2.24, 2.45) is 0 Å². The number of fused-ring (bicyclic) bond motifs is 1. The normalized spacial score (nSPS) is 15.1. The van der Waals surface area contributed by atoms with Crippen molar-refractivity contribution in [2.75, 3.05) is 20.2 Å². The smallest absolute Gasteiger partial charge is 0.0558 e. The molecule has 2 rings (SSSR count). The molecule has 0 fully saturated rings. The number of thiophene rings is 1. The van der Waals surface area contributed by atoms with Crippen LogP contribution in [0.25, 0.3) is 0 Å². The topological polar surface area (TPSA) is 23.5 Å². The predicted molar refractivity (Wildman–Crippen MR) is 59.8 cm³/mol. The van der Waals surface area contributed by atoms with Crippen LogP contribution in [0.5, 0.6) is 0 Å². The van der Waals surface area contributed by atoms with E-state index in [1.807, 2.05) is 11.3 Å². The van der Waals surface area contributed by atoms with E-state index in [-0.39, 0.29) is 6.61 Å². The second-order valence-electron chi connectivity index (χ2n) is 3.98. The van der Waals surface area contributed by atoms with Gasteiger partial charge in [0.2, 0.25) is 0 Å². The molecule has 0 aromatic carbocycles. The SMILES string of the molecule is CN(CCO)Cc1cc2c(s1)CCC2. The highest BCUT2D eigenvalue weighted by molar-refractivity contribution is 7.12. The Labute approximate surface area is 89.2 Å². The van der Waals surface area contributed by atoms with Crippen LogP contribution in [0.1, 0.15) is 21.7 Å². The van der Waals surface area contributed by atoms with Crippen LogP contribution in [-0.2, 0) is 19.4 Å². The minimum absolute atomic E-state index is 0.252. The minimum atomic E-state index is 0.252. The number of aliphatic hydroxyl groups is 1. The standard InChI is InChI=1S/C11H17NOS/c1-12(5-6-13)8-10-7-9-3-2-4-11(9)14-10/h7,13H,2-6,8H2,1H3. The summed E-state index contributed by atoms with van der Waals surface area (Å²) in [4.78, 5) is 5.21. The molecule has 78 valence electrons. The first-order chi connectivity index (χ1) is 6.79. The number of hydrogen-bond acceptors (Lipinski definition) is 3. The Kier molecular flexibility index (Phi) is 3.21. The summed E-state index contributed by atoms with van der Waals surface area (Å²) in [7, 11) is 2.06. The van der Waals surface area contributed by atoms with E-state index in [9.17, 15) is 0 Å². The fraction of sp³-hybridized carbons (Fsp3) is 0.636. The number of likely N-dealkylation sites (N-methyl/N-ethyl adjacent to an activating group) is 1. The van der Waals surface area contributed by atoms with Crippen LogP contribution in [0, 0.1) is 0 Å². The summed E-state index contributed by atoms with van der Waals surface area (Å²) >= 11 is 1.95. The van der Waals surface area contributed by atoms with Gasteiger partial charge in [-0.05, 0) is 37.9 Å². The van der Waals surface area contributed by atoms with Crippen molar-refractivity contribution in [3.8, 4) is 0 Å². The molecule has 1 aliphatic carbocycles. The summed E-state index contributed by atoms with van der Waals surface area (Å²) < 4.78 is 0. The highest BCUT2D eigenvalue weighted by Crippen LogP contribution is 2.30. The monoisotopic (exact) mass is 211 g/mol. The molecular formula is C11H17NOS. The predicted octanol–water partition coefficient (Wildman–Crippen LogP) is 1.66. The van der Waals surface area contributed by atoms with E-state index >= 15 is 0 Å². The van der Waals surface area contributed by atoms with E-state index in [2.05, 4.69) is 18.0 Å². The Morgan fingerprint density at radius 3 is 3.07 bits per heavy atom. The quantitative estimate of drug-likeness (QED) is 0.819. The first-order valence-electron chi connectivity index (χ1n) is 5.19. The lowest BCUT2D eigenvalue weighted by Crippen LogP contribution is -2.20. The molecule has 0 aliphatic heterocycles. The average Bonchev–Trinajstić information content (AvgIpc) is 2.63. The fourth-order valence-corrected chi connectivity index (χ4v) is 3.33. The van der Waals surface area contributed by atoms with E-state index < -0.39 is 0 Å². The van der Waals surface area contributed by atoms with Gasteiger partial charge in [-0.1, -0.05) is 0 Å². The molecule has 0 amide bonds. The summed E-state index contributed by atoms with van der Waals surface area (Å²) in [5.41, 5.74) is 1.57. The summed E-state index contributed by atoms with van der Waals surface area (Å²) in [6.45, 7) is 2.00. The molecule has 0 radical (unpaired) electrons. The third-order valence-corrected chi connectivity index (χ3v) is 3.93. The van der Waals surface area contributed by atoms with Gasteiger partial charge < -0.3 is 5.11 Å². The molecule has 0 bridgehead atoms. The molecule has 1 aromatic rings. The molecule has 1 aliphatic rings. The van der Waals surface area contributed by atoms with Crippen LogP contribution in [0.2, 0.25) is 0 Å². The first-order valence-corrected chi connectivity index (χ1v) is 6.01. The Balaban J connectivity index is 1.97. The van der Waals surface area contributed by atoms with Crippen molar-refractivity contribution in [3.05, 3.63) is 21.4 Å². The van der Waals surface area contributed by atoms with Crippen LogP contribution >= 0.6 is 11.3 Å². The Morgan fingerprint density at radius 1 is 1.50 bits per heavy atom. The van der Waals surface area contributed by atoms with Crippen LogP contribution in [0.15, 0.2) is 6.07 Å². The lowest BCUT2D eigenvalue weighted by molar-refractivity contribution is 0.218. The second kappa shape index (κ2) is 4.43.